The average Bonchev–Trinajstić information content (AvgIpc) is 3.17. The van der Waals surface area contributed by atoms with E-state index in [1.54, 1.807) is 11.3 Å². The quantitative estimate of drug-likeness (QED) is 0.940. The molecule has 0 bridgehead atoms. The van der Waals surface area contributed by atoms with Gasteiger partial charge in [-0.05, 0) is 25.3 Å². The summed E-state index contributed by atoms with van der Waals surface area (Å²) in [6.45, 7) is 5.44. The minimum absolute atomic E-state index is 0.113. The predicted octanol–water partition coefficient (Wildman–Crippen LogP) is 1.88. The summed E-state index contributed by atoms with van der Waals surface area (Å²) in [4.78, 5) is 19.8. The minimum atomic E-state index is -0.247. The maximum Gasteiger partial charge on any atom is 0.230 e. The van der Waals surface area contributed by atoms with E-state index < -0.39 is 0 Å². The number of carbonyl (C=O) groups is 1. The monoisotopic (exact) mass is 306 g/mol. The number of aryl methyl sites for hydroxylation is 1. The maximum absolute atomic E-state index is 12.6. The molecule has 1 fully saturated rings. The number of H-pyrrole nitrogens is 1. The summed E-state index contributed by atoms with van der Waals surface area (Å²) in [6, 6.07) is 3.98. The van der Waals surface area contributed by atoms with Crippen LogP contribution in [0.2, 0.25) is 0 Å². The fourth-order valence-corrected chi connectivity index (χ4v) is 3.22. The molecule has 1 aliphatic rings. The molecule has 1 amide bonds. The lowest BCUT2D eigenvalue weighted by molar-refractivity contribution is -0.140. The molecule has 112 valence electrons. The van der Waals surface area contributed by atoms with Crippen molar-refractivity contribution in [3.8, 4) is 0 Å². The molecule has 21 heavy (non-hydrogen) atoms. The van der Waals surface area contributed by atoms with Crippen molar-refractivity contribution < 1.29 is 9.53 Å². The summed E-state index contributed by atoms with van der Waals surface area (Å²) in [6.07, 6.45) is -0.247. The van der Waals surface area contributed by atoms with Crippen molar-refractivity contribution in [3.63, 3.8) is 0 Å². The second-order valence-corrected chi connectivity index (χ2v) is 6.14. The molecular formula is C14H18N4O2S. The van der Waals surface area contributed by atoms with Crippen LogP contribution in [0.25, 0.3) is 0 Å². The molecule has 3 heterocycles. The number of rotatable bonds is 3. The van der Waals surface area contributed by atoms with Crippen LogP contribution in [0.1, 0.15) is 35.5 Å². The molecule has 7 heteroatoms. The summed E-state index contributed by atoms with van der Waals surface area (Å²) in [5, 5.41) is 8.94. The Morgan fingerprint density at radius 3 is 3.14 bits per heavy atom. The largest absolute Gasteiger partial charge is 0.366 e. The van der Waals surface area contributed by atoms with Crippen LogP contribution in [0.3, 0.4) is 0 Å². The zero-order valence-electron chi connectivity index (χ0n) is 12.1. The Morgan fingerprint density at radius 2 is 2.48 bits per heavy atom. The standard InChI is InChI=1S/C14H18N4O2S/c1-9(12-4-3-7-21-12)14(19)18-5-6-20-11(8-18)13-15-10(2)16-17-13/h3-4,7,9,11H,5-6,8H2,1-2H3,(H,15,16,17)/t9-,11-/m0/s1. The fraction of sp³-hybridized carbons (Fsp3) is 0.500. The number of amides is 1. The molecule has 0 aromatic carbocycles. The Labute approximate surface area is 127 Å². The maximum atomic E-state index is 12.6. The molecule has 0 spiro atoms. The van der Waals surface area contributed by atoms with Crippen LogP contribution in [0.4, 0.5) is 0 Å². The Bertz CT molecular complexity index is 610. The van der Waals surface area contributed by atoms with Crippen molar-refractivity contribution in [2.24, 2.45) is 0 Å². The van der Waals surface area contributed by atoms with Gasteiger partial charge in [0, 0.05) is 11.4 Å². The molecular weight excluding hydrogens is 288 g/mol. The van der Waals surface area contributed by atoms with E-state index in [1.165, 1.54) is 0 Å². The first-order valence-electron chi connectivity index (χ1n) is 6.98. The summed E-state index contributed by atoms with van der Waals surface area (Å²) < 4.78 is 5.69. The minimum Gasteiger partial charge on any atom is -0.366 e. The van der Waals surface area contributed by atoms with E-state index in [9.17, 15) is 4.79 Å². The van der Waals surface area contributed by atoms with E-state index in [2.05, 4.69) is 15.2 Å². The normalized spacial score (nSPS) is 20.5. The SMILES string of the molecule is Cc1nc([C@@H]2CN(C(=O)[C@@H](C)c3cccs3)CCO2)n[nH]1. The molecule has 1 saturated heterocycles. The van der Waals surface area contributed by atoms with E-state index in [0.717, 1.165) is 10.7 Å². The zero-order chi connectivity index (χ0) is 14.8. The van der Waals surface area contributed by atoms with Gasteiger partial charge < -0.3 is 9.64 Å². The van der Waals surface area contributed by atoms with Crippen LogP contribution in [-0.4, -0.2) is 45.7 Å². The third-order valence-corrected chi connectivity index (χ3v) is 4.68. The molecule has 0 unspecified atom stereocenters. The molecule has 3 rings (SSSR count). The molecule has 6 nitrogen and oxygen atoms in total. The van der Waals surface area contributed by atoms with Crippen molar-refractivity contribution in [2.45, 2.75) is 25.9 Å². The molecule has 2 aromatic rings. The first kappa shape index (κ1) is 14.2. The van der Waals surface area contributed by atoms with Gasteiger partial charge in [0.2, 0.25) is 5.91 Å². The third-order valence-electron chi connectivity index (χ3n) is 3.62. The van der Waals surface area contributed by atoms with Gasteiger partial charge in [0.05, 0.1) is 19.1 Å². The van der Waals surface area contributed by atoms with E-state index in [1.807, 2.05) is 36.3 Å². The summed E-state index contributed by atoms with van der Waals surface area (Å²) in [5.74, 6) is 1.40. The lowest BCUT2D eigenvalue weighted by Gasteiger charge is -2.33. The number of carbonyl (C=O) groups excluding carboxylic acids is 1. The second-order valence-electron chi connectivity index (χ2n) is 5.16. The lowest BCUT2D eigenvalue weighted by Crippen LogP contribution is -2.44. The van der Waals surface area contributed by atoms with Crippen molar-refractivity contribution in [1.29, 1.82) is 0 Å². The highest BCUT2D eigenvalue weighted by Crippen LogP contribution is 2.26. The number of nitrogens with zero attached hydrogens (tertiary/aromatic N) is 3. The Kier molecular flexibility index (Phi) is 4.03. The fourth-order valence-electron chi connectivity index (χ4n) is 2.44. The van der Waals surface area contributed by atoms with E-state index in [-0.39, 0.29) is 17.9 Å². The first-order valence-corrected chi connectivity index (χ1v) is 7.86. The van der Waals surface area contributed by atoms with Gasteiger partial charge >= 0.3 is 0 Å². The summed E-state index contributed by atoms with van der Waals surface area (Å²) in [7, 11) is 0. The van der Waals surface area contributed by atoms with Gasteiger partial charge in [-0.25, -0.2) is 4.98 Å². The highest BCUT2D eigenvalue weighted by molar-refractivity contribution is 7.10. The van der Waals surface area contributed by atoms with Gasteiger partial charge in [0.15, 0.2) is 5.82 Å². The van der Waals surface area contributed by atoms with Gasteiger partial charge in [-0.15, -0.1) is 11.3 Å². The molecule has 1 aliphatic heterocycles. The van der Waals surface area contributed by atoms with Crippen molar-refractivity contribution in [1.82, 2.24) is 20.1 Å². The van der Waals surface area contributed by atoms with Gasteiger partial charge in [0.1, 0.15) is 11.9 Å². The molecule has 1 N–H and O–H groups in total. The number of hydrogen-bond donors (Lipinski definition) is 1. The van der Waals surface area contributed by atoms with Gasteiger partial charge in [-0.1, -0.05) is 6.07 Å². The number of aromatic nitrogens is 3. The molecule has 2 aromatic heterocycles. The number of morpholine rings is 1. The van der Waals surface area contributed by atoms with Crippen LogP contribution in [0, 0.1) is 6.92 Å². The Morgan fingerprint density at radius 1 is 1.62 bits per heavy atom. The average molecular weight is 306 g/mol. The molecule has 0 aliphatic carbocycles. The first-order chi connectivity index (χ1) is 10.1. The molecule has 0 radical (unpaired) electrons. The number of nitrogens with one attached hydrogen (secondary N) is 1. The number of aromatic amines is 1. The Hall–Kier alpha value is -1.73. The smallest absolute Gasteiger partial charge is 0.230 e. The van der Waals surface area contributed by atoms with Crippen LogP contribution >= 0.6 is 11.3 Å². The third kappa shape index (κ3) is 2.98. The van der Waals surface area contributed by atoms with Gasteiger partial charge in [-0.3, -0.25) is 9.89 Å². The van der Waals surface area contributed by atoms with E-state index >= 15 is 0 Å². The van der Waals surface area contributed by atoms with Crippen molar-refractivity contribution in [3.05, 3.63) is 34.0 Å². The topological polar surface area (TPSA) is 71.1 Å². The molecule has 0 saturated carbocycles. The molecule has 2 atom stereocenters. The Balaban J connectivity index is 1.69. The number of thiophene rings is 1. The zero-order valence-corrected chi connectivity index (χ0v) is 12.9. The second kappa shape index (κ2) is 5.95. The van der Waals surface area contributed by atoms with E-state index in [0.29, 0.717) is 25.5 Å². The van der Waals surface area contributed by atoms with E-state index in [4.69, 9.17) is 4.74 Å². The van der Waals surface area contributed by atoms with Crippen LogP contribution in [0.5, 0.6) is 0 Å². The van der Waals surface area contributed by atoms with Crippen LogP contribution in [-0.2, 0) is 9.53 Å². The van der Waals surface area contributed by atoms with Crippen LogP contribution in [0.15, 0.2) is 17.5 Å². The van der Waals surface area contributed by atoms with Gasteiger partial charge in [0.25, 0.3) is 0 Å². The van der Waals surface area contributed by atoms with Crippen LogP contribution < -0.4 is 0 Å². The van der Waals surface area contributed by atoms with Gasteiger partial charge in [-0.2, -0.15) is 5.10 Å². The highest BCUT2D eigenvalue weighted by atomic mass is 32.1. The van der Waals surface area contributed by atoms with Crippen molar-refractivity contribution in [2.75, 3.05) is 19.7 Å². The van der Waals surface area contributed by atoms with Crippen molar-refractivity contribution >= 4 is 17.2 Å². The lowest BCUT2D eigenvalue weighted by atomic mass is 10.1. The highest BCUT2D eigenvalue weighted by Gasteiger charge is 2.30. The predicted molar refractivity (Wildman–Crippen MR) is 79.1 cm³/mol. The summed E-state index contributed by atoms with van der Waals surface area (Å²) in [5.41, 5.74) is 0. The number of ether oxygens (including phenoxy) is 1. The number of hydrogen-bond acceptors (Lipinski definition) is 5. The summed E-state index contributed by atoms with van der Waals surface area (Å²) >= 11 is 1.62.